The Morgan fingerprint density at radius 1 is 1.03 bits per heavy atom. The zero-order chi connectivity index (χ0) is 24.4. The lowest BCUT2D eigenvalue weighted by atomic mass is 9.98. The molecule has 0 radical (unpaired) electrons. The van der Waals surface area contributed by atoms with Gasteiger partial charge in [0.25, 0.3) is 5.91 Å². The molecule has 9 heteroatoms. The Balaban J connectivity index is 1.21. The maximum atomic E-state index is 12.8. The zero-order valence-electron chi connectivity index (χ0n) is 18.7. The highest BCUT2D eigenvalue weighted by Crippen LogP contribution is 2.44. The maximum absolute atomic E-state index is 12.8. The van der Waals surface area contributed by atoms with E-state index in [-0.39, 0.29) is 18.2 Å². The van der Waals surface area contributed by atoms with Crippen LogP contribution in [0.5, 0.6) is 0 Å². The Labute approximate surface area is 206 Å². The van der Waals surface area contributed by atoms with Gasteiger partial charge in [-0.3, -0.25) is 10.1 Å². The summed E-state index contributed by atoms with van der Waals surface area (Å²) >= 11 is 1.51. The van der Waals surface area contributed by atoms with Crippen molar-refractivity contribution in [1.29, 1.82) is 0 Å². The number of hydrogen-bond donors (Lipinski definition) is 2. The second kappa shape index (κ2) is 9.79. The standard InChI is InChI=1S/C26H23N3O5S/c30-24(29-11-12-35-15-23(29)25(31)32)22-10-9-16(13-27-22)28-26(33)34-14-21-19-7-3-1-5-17(19)18-6-2-4-8-20(18)21/h1-10,13,21,23H,11-12,14-15H2,(H,28,33)(H,31,32). The van der Waals surface area contributed by atoms with Crippen molar-refractivity contribution in [1.82, 2.24) is 9.88 Å². The van der Waals surface area contributed by atoms with Crippen LogP contribution in [0, 0.1) is 0 Å². The largest absolute Gasteiger partial charge is 0.480 e. The number of carbonyl (C=O) groups excluding carboxylic acids is 2. The number of amides is 2. The van der Waals surface area contributed by atoms with Gasteiger partial charge in [0.05, 0.1) is 11.9 Å². The first-order valence-corrected chi connectivity index (χ1v) is 12.4. The summed E-state index contributed by atoms with van der Waals surface area (Å²) in [7, 11) is 0. The molecular weight excluding hydrogens is 466 g/mol. The number of nitrogens with zero attached hydrogens (tertiary/aromatic N) is 2. The van der Waals surface area contributed by atoms with Gasteiger partial charge in [0.2, 0.25) is 0 Å². The van der Waals surface area contributed by atoms with Gasteiger partial charge in [-0.15, -0.1) is 0 Å². The fourth-order valence-corrected chi connectivity index (χ4v) is 5.58. The third-order valence-corrected chi connectivity index (χ3v) is 7.27. The monoisotopic (exact) mass is 489 g/mol. The third kappa shape index (κ3) is 4.59. The van der Waals surface area contributed by atoms with Gasteiger partial charge in [0.15, 0.2) is 0 Å². The Kier molecular flexibility index (Phi) is 6.41. The molecule has 1 saturated heterocycles. The van der Waals surface area contributed by atoms with Crippen LogP contribution in [-0.2, 0) is 9.53 Å². The smallest absolute Gasteiger partial charge is 0.411 e. The zero-order valence-corrected chi connectivity index (χ0v) is 19.5. The molecule has 2 N–H and O–H groups in total. The predicted molar refractivity (Wildman–Crippen MR) is 133 cm³/mol. The lowest BCUT2D eigenvalue weighted by molar-refractivity contribution is -0.141. The van der Waals surface area contributed by atoms with Crippen molar-refractivity contribution in [3.63, 3.8) is 0 Å². The van der Waals surface area contributed by atoms with Crippen molar-refractivity contribution < 1.29 is 24.2 Å². The van der Waals surface area contributed by atoms with E-state index in [0.29, 0.717) is 23.7 Å². The van der Waals surface area contributed by atoms with Gasteiger partial charge in [0, 0.05) is 24.0 Å². The van der Waals surface area contributed by atoms with Gasteiger partial charge in [-0.1, -0.05) is 48.5 Å². The number of carboxylic acids is 1. The number of hydrogen-bond acceptors (Lipinski definition) is 6. The summed E-state index contributed by atoms with van der Waals surface area (Å²) in [6.07, 6.45) is 0.745. The van der Waals surface area contributed by atoms with Crippen LogP contribution in [-0.4, -0.2) is 63.7 Å². The molecule has 1 fully saturated rings. The van der Waals surface area contributed by atoms with Crippen LogP contribution in [0.2, 0.25) is 0 Å². The topological polar surface area (TPSA) is 109 Å². The number of carboxylic acid groups (broad SMARTS) is 1. The minimum atomic E-state index is -1.03. The quantitative estimate of drug-likeness (QED) is 0.556. The molecule has 2 amide bonds. The summed E-state index contributed by atoms with van der Waals surface area (Å²) in [6.45, 7) is 0.537. The average molecular weight is 490 g/mol. The van der Waals surface area contributed by atoms with Crippen molar-refractivity contribution in [3.05, 3.63) is 83.7 Å². The van der Waals surface area contributed by atoms with E-state index >= 15 is 0 Å². The fraction of sp³-hybridized carbons (Fsp3) is 0.231. The summed E-state index contributed by atoms with van der Waals surface area (Å²) in [4.78, 5) is 42.2. The minimum absolute atomic E-state index is 0.0452. The molecule has 178 valence electrons. The number of aromatic nitrogens is 1. The van der Waals surface area contributed by atoms with E-state index < -0.39 is 24.0 Å². The van der Waals surface area contributed by atoms with E-state index in [1.54, 1.807) is 6.07 Å². The SMILES string of the molecule is O=C(Nc1ccc(C(=O)N2CCSCC2C(=O)O)nc1)OCC1c2ccccc2-c2ccccc21. The van der Waals surface area contributed by atoms with Gasteiger partial charge in [-0.2, -0.15) is 11.8 Å². The van der Waals surface area contributed by atoms with E-state index in [0.717, 1.165) is 22.3 Å². The number of aliphatic carboxylic acids is 1. The molecule has 35 heavy (non-hydrogen) atoms. The molecule has 0 spiro atoms. The molecule has 1 atom stereocenters. The first-order valence-electron chi connectivity index (χ1n) is 11.2. The van der Waals surface area contributed by atoms with Gasteiger partial charge >= 0.3 is 12.1 Å². The summed E-state index contributed by atoms with van der Waals surface area (Å²) in [5.74, 6) is -0.486. The predicted octanol–water partition coefficient (Wildman–Crippen LogP) is 4.08. The number of rotatable bonds is 5. The van der Waals surface area contributed by atoms with Crippen molar-refractivity contribution in [2.45, 2.75) is 12.0 Å². The van der Waals surface area contributed by atoms with Crippen LogP contribution in [0.4, 0.5) is 10.5 Å². The van der Waals surface area contributed by atoms with E-state index in [2.05, 4.69) is 34.6 Å². The summed E-state index contributed by atoms with van der Waals surface area (Å²) in [6, 6.07) is 18.4. The number of pyridine rings is 1. The van der Waals surface area contributed by atoms with E-state index in [4.69, 9.17) is 4.74 Å². The number of thioether (sulfide) groups is 1. The van der Waals surface area contributed by atoms with Crippen LogP contribution < -0.4 is 5.32 Å². The fourth-order valence-electron chi connectivity index (χ4n) is 4.55. The Bertz CT molecular complexity index is 1230. The van der Waals surface area contributed by atoms with E-state index in [1.165, 1.54) is 28.9 Å². The number of nitrogens with one attached hydrogen (secondary N) is 1. The van der Waals surface area contributed by atoms with E-state index in [9.17, 15) is 19.5 Å². The molecule has 1 aliphatic carbocycles. The van der Waals surface area contributed by atoms with Crippen molar-refractivity contribution in [3.8, 4) is 11.1 Å². The average Bonchev–Trinajstić information content (AvgIpc) is 3.21. The summed E-state index contributed by atoms with van der Waals surface area (Å²) in [5.41, 5.74) is 5.06. The lowest BCUT2D eigenvalue weighted by Gasteiger charge is -2.32. The van der Waals surface area contributed by atoms with Crippen LogP contribution in [0.1, 0.15) is 27.5 Å². The second-order valence-corrected chi connectivity index (χ2v) is 9.46. The molecule has 2 aliphatic rings. The third-order valence-electron chi connectivity index (χ3n) is 6.25. The molecule has 1 aliphatic heterocycles. The molecule has 3 aromatic rings. The first-order chi connectivity index (χ1) is 17.0. The molecule has 2 aromatic carbocycles. The van der Waals surface area contributed by atoms with Crippen molar-refractivity contribution in [2.24, 2.45) is 0 Å². The number of ether oxygens (including phenoxy) is 1. The van der Waals surface area contributed by atoms with E-state index in [1.807, 2.05) is 24.3 Å². The highest BCUT2D eigenvalue weighted by atomic mass is 32.2. The number of benzene rings is 2. The Hall–Kier alpha value is -3.85. The van der Waals surface area contributed by atoms with Crippen molar-refractivity contribution >= 4 is 35.4 Å². The molecule has 8 nitrogen and oxygen atoms in total. The molecule has 2 heterocycles. The molecule has 1 aromatic heterocycles. The Morgan fingerprint density at radius 2 is 1.71 bits per heavy atom. The number of carbonyl (C=O) groups is 3. The van der Waals surface area contributed by atoms with Crippen LogP contribution in [0.15, 0.2) is 66.9 Å². The second-order valence-electron chi connectivity index (χ2n) is 8.31. The first kappa shape index (κ1) is 22.9. The Morgan fingerprint density at radius 3 is 2.34 bits per heavy atom. The number of anilines is 1. The molecule has 1 unspecified atom stereocenters. The van der Waals surface area contributed by atoms with Gasteiger partial charge < -0.3 is 14.7 Å². The van der Waals surface area contributed by atoms with Gasteiger partial charge in [-0.25, -0.2) is 14.6 Å². The lowest BCUT2D eigenvalue weighted by Crippen LogP contribution is -2.50. The summed E-state index contributed by atoms with van der Waals surface area (Å²) < 4.78 is 5.54. The highest BCUT2D eigenvalue weighted by Gasteiger charge is 2.33. The highest BCUT2D eigenvalue weighted by molar-refractivity contribution is 7.99. The van der Waals surface area contributed by atoms with Gasteiger partial charge in [-0.05, 0) is 34.4 Å². The molecule has 5 rings (SSSR count). The minimum Gasteiger partial charge on any atom is -0.480 e. The van der Waals surface area contributed by atoms with Gasteiger partial charge in [0.1, 0.15) is 18.3 Å². The number of fused-ring (bicyclic) bond motifs is 3. The summed E-state index contributed by atoms with van der Waals surface area (Å²) in [5, 5.41) is 12.0. The normalized spacial score (nSPS) is 16.8. The maximum Gasteiger partial charge on any atom is 0.411 e. The van der Waals surface area contributed by atoms with Crippen molar-refractivity contribution in [2.75, 3.05) is 30.0 Å². The van der Waals surface area contributed by atoms with Crippen LogP contribution >= 0.6 is 11.8 Å². The van der Waals surface area contributed by atoms with Crippen LogP contribution in [0.3, 0.4) is 0 Å². The molecule has 0 bridgehead atoms. The molecule has 0 saturated carbocycles. The van der Waals surface area contributed by atoms with Crippen LogP contribution in [0.25, 0.3) is 11.1 Å². The molecular formula is C26H23N3O5S.